The number of urea groups is 1. The van der Waals surface area contributed by atoms with E-state index in [2.05, 4.69) is 20.7 Å². The van der Waals surface area contributed by atoms with Gasteiger partial charge in [-0.25, -0.2) is 4.79 Å². The molecule has 3 amide bonds. The minimum atomic E-state index is -2.88. The van der Waals surface area contributed by atoms with Crippen molar-refractivity contribution >= 4 is 17.6 Å². The van der Waals surface area contributed by atoms with Crippen LogP contribution in [0.5, 0.6) is 5.75 Å². The topological polar surface area (TPSA) is 79.5 Å². The van der Waals surface area contributed by atoms with Gasteiger partial charge in [-0.05, 0) is 49.2 Å². The first kappa shape index (κ1) is 20.2. The number of rotatable bonds is 6. The third kappa shape index (κ3) is 5.40. The summed E-state index contributed by atoms with van der Waals surface area (Å²) in [6.07, 6.45) is 0. The Morgan fingerprint density at radius 3 is 2.33 bits per heavy atom. The van der Waals surface area contributed by atoms with E-state index in [4.69, 9.17) is 0 Å². The molecule has 0 fully saturated rings. The Kier molecular flexibility index (Phi) is 6.70. The van der Waals surface area contributed by atoms with Crippen LogP contribution in [0, 0.1) is 6.92 Å². The maximum absolute atomic E-state index is 12.3. The number of anilines is 1. The standard InChI is InChI=1S/C19H21F2N3O3/c1-11-15(17(25)22-3)5-4-6-16(11)24-19(26)23-12(2)13-7-9-14(10-8-13)27-18(20)21/h4-10,12,18H,1-3H3,(H,22,25)(H2,23,24,26). The van der Waals surface area contributed by atoms with Gasteiger partial charge in [0.1, 0.15) is 5.75 Å². The van der Waals surface area contributed by atoms with Crippen LogP contribution in [-0.2, 0) is 0 Å². The maximum atomic E-state index is 12.3. The number of nitrogens with one attached hydrogen (secondary N) is 3. The Morgan fingerprint density at radius 2 is 1.74 bits per heavy atom. The largest absolute Gasteiger partial charge is 0.435 e. The molecular formula is C19H21F2N3O3. The molecule has 1 unspecified atom stereocenters. The highest BCUT2D eigenvalue weighted by atomic mass is 19.3. The molecule has 144 valence electrons. The van der Waals surface area contributed by atoms with Gasteiger partial charge in [0.25, 0.3) is 5.91 Å². The van der Waals surface area contributed by atoms with Gasteiger partial charge in [0.05, 0.1) is 6.04 Å². The molecule has 3 N–H and O–H groups in total. The molecule has 8 heteroatoms. The van der Waals surface area contributed by atoms with Crippen molar-refractivity contribution in [1.82, 2.24) is 10.6 Å². The number of carbonyl (C=O) groups excluding carboxylic acids is 2. The number of benzene rings is 2. The van der Waals surface area contributed by atoms with Crippen LogP contribution in [0.25, 0.3) is 0 Å². The Morgan fingerprint density at radius 1 is 1.07 bits per heavy atom. The molecule has 2 aromatic carbocycles. The highest BCUT2D eigenvalue weighted by Crippen LogP contribution is 2.21. The van der Waals surface area contributed by atoms with Gasteiger partial charge in [-0.15, -0.1) is 0 Å². The van der Waals surface area contributed by atoms with Gasteiger partial charge in [-0.1, -0.05) is 18.2 Å². The van der Waals surface area contributed by atoms with Crippen LogP contribution in [0.1, 0.15) is 34.5 Å². The lowest BCUT2D eigenvalue weighted by Gasteiger charge is -2.17. The zero-order chi connectivity index (χ0) is 20.0. The first-order chi connectivity index (χ1) is 12.8. The van der Waals surface area contributed by atoms with Crippen LogP contribution < -0.4 is 20.7 Å². The van der Waals surface area contributed by atoms with Gasteiger partial charge >= 0.3 is 12.6 Å². The van der Waals surface area contributed by atoms with Gasteiger partial charge < -0.3 is 20.7 Å². The minimum Gasteiger partial charge on any atom is -0.435 e. The van der Waals surface area contributed by atoms with Gasteiger partial charge in [0.15, 0.2) is 0 Å². The normalized spacial score (nSPS) is 11.6. The second-order valence-corrected chi connectivity index (χ2v) is 5.82. The Balaban J connectivity index is 2.02. The molecule has 0 saturated carbocycles. The summed E-state index contributed by atoms with van der Waals surface area (Å²) in [5.74, 6) is -0.192. The number of hydrogen-bond donors (Lipinski definition) is 3. The van der Waals surface area contributed by atoms with Crippen molar-refractivity contribution in [3.8, 4) is 5.75 Å². The first-order valence-corrected chi connectivity index (χ1v) is 8.25. The van der Waals surface area contributed by atoms with Gasteiger partial charge in [-0.3, -0.25) is 4.79 Å². The molecule has 27 heavy (non-hydrogen) atoms. The molecule has 0 aliphatic heterocycles. The Labute approximate surface area is 155 Å². The van der Waals surface area contributed by atoms with Crippen LogP contribution in [0.15, 0.2) is 42.5 Å². The zero-order valence-corrected chi connectivity index (χ0v) is 15.2. The van der Waals surface area contributed by atoms with Gasteiger partial charge in [-0.2, -0.15) is 8.78 Å². The lowest BCUT2D eigenvalue weighted by atomic mass is 10.1. The van der Waals surface area contributed by atoms with E-state index in [0.29, 0.717) is 16.8 Å². The minimum absolute atomic E-state index is 0.0482. The number of alkyl halides is 2. The van der Waals surface area contributed by atoms with Crippen molar-refractivity contribution in [2.45, 2.75) is 26.5 Å². The summed E-state index contributed by atoms with van der Waals surface area (Å²) in [6, 6.07) is 10.2. The SMILES string of the molecule is CNC(=O)c1cccc(NC(=O)NC(C)c2ccc(OC(F)F)cc2)c1C. The monoisotopic (exact) mass is 377 g/mol. The smallest absolute Gasteiger partial charge is 0.387 e. The molecular weight excluding hydrogens is 356 g/mol. The van der Waals surface area contributed by atoms with E-state index in [1.54, 1.807) is 44.2 Å². The number of carbonyl (C=O) groups is 2. The quantitative estimate of drug-likeness (QED) is 0.716. The summed E-state index contributed by atoms with van der Waals surface area (Å²) in [4.78, 5) is 24.1. The molecule has 2 aromatic rings. The third-order valence-electron chi connectivity index (χ3n) is 4.01. The number of hydrogen-bond acceptors (Lipinski definition) is 3. The fourth-order valence-corrected chi connectivity index (χ4v) is 2.53. The van der Waals surface area contributed by atoms with Crippen LogP contribution in [0.3, 0.4) is 0 Å². The summed E-state index contributed by atoms with van der Waals surface area (Å²) in [7, 11) is 1.54. The van der Waals surface area contributed by atoms with Gasteiger partial charge in [0.2, 0.25) is 0 Å². The first-order valence-electron chi connectivity index (χ1n) is 8.25. The molecule has 0 spiro atoms. The second-order valence-electron chi connectivity index (χ2n) is 5.82. The molecule has 0 saturated heterocycles. The van der Waals surface area contributed by atoms with Crippen molar-refractivity contribution in [1.29, 1.82) is 0 Å². The van der Waals surface area contributed by atoms with Crippen LogP contribution >= 0.6 is 0 Å². The predicted molar refractivity (Wildman–Crippen MR) is 98.2 cm³/mol. The van der Waals surface area contributed by atoms with Gasteiger partial charge in [0, 0.05) is 18.3 Å². The summed E-state index contributed by atoms with van der Waals surface area (Å²) < 4.78 is 28.7. The van der Waals surface area contributed by atoms with Crippen LogP contribution in [-0.4, -0.2) is 25.6 Å². The zero-order valence-electron chi connectivity index (χ0n) is 15.2. The summed E-state index contributed by atoms with van der Waals surface area (Å²) in [6.45, 7) is 0.618. The summed E-state index contributed by atoms with van der Waals surface area (Å²) in [5.41, 5.74) is 2.36. The van der Waals surface area contributed by atoms with E-state index < -0.39 is 12.6 Å². The van der Waals surface area contributed by atoms with Crippen molar-refractivity contribution in [3.63, 3.8) is 0 Å². The van der Waals surface area contributed by atoms with E-state index >= 15 is 0 Å². The third-order valence-corrected chi connectivity index (χ3v) is 4.01. The molecule has 1 atom stereocenters. The van der Waals surface area contributed by atoms with Crippen LogP contribution in [0.4, 0.5) is 19.3 Å². The van der Waals surface area contributed by atoms with Crippen molar-refractivity contribution in [3.05, 3.63) is 59.2 Å². The number of amides is 3. The lowest BCUT2D eigenvalue weighted by molar-refractivity contribution is -0.0498. The summed E-state index contributed by atoms with van der Waals surface area (Å²) in [5, 5.41) is 8.02. The lowest BCUT2D eigenvalue weighted by Crippen LogP contribution is -2.31. The summed E-state index contributed by atoms with van der Waals surface area (Å²) >= 11 is 0. The fraction of sp³-hybridized carbons (Fsp3) is 0.263. The molecule has 0 aromatic heterocycles. The Hall–Kier alpha value is -3.16. The number of halogens is 2. The highest BCUT2D eigenvalue weighted by Gasteiger charge is 2.14. The molecule has 0 radical (unpaired) electrons. The van der Waals surface area contributed by atoms with Crippen LogP contribution in [0.2, 0.25) is 0 Å². The molecule has 0 bridgehead atoms. The van der Waals surface area contributed by atoms with E-state index in [1.165, 1.54) is 19.2 Å². The number of ether oxygens (including phenoxy) is 1. The van der Waals surface area contributed by atoms with E-state index in [1.807, 2.05) is 0 Å². The average Bonchev–Trinajstić information content (AvgIpc) is 2.62. The average molecular weight is 377 g/mol. The van der Waals surface area contributed by atoms with Crippen molar-refractivity contribution < 1.29 is 23.1 Å². The Bertz CT molecular complexity index is 810. The maximum Gasteiger partial charge on any atom is 0.387 e. The van der Waals surface area contributed by atoms with Crippen molar-refractivity contribution in [2.75, 3.05) is 12.4 Å². The van der Waals surface area contributed by atoms with Crippen molar-refractivity contribution in [2.24, 2.45) is 0 Å². The van der Waals surface area contributed by atoms with E-state index in [-0.39, 0.29) is 17.7 Å². The van der Waals surface area contributed by atoms with E-state index in [0.717, 1.165) is 5.56 Å². The molecule has 0 aliphatic carbocycles. The van der Waals surface area contributed by atoms with E-state index in [9.17, 15) is 18.4 Å². The fourth-order valence-electron chi connectivity index (χ4n) is 2.53. The highest BCUT2D eigenvalue weighted by molar-refractivity contribution is 5.98. The molecule has 0 heterocycles. The second kappa shape index (κ2) is 8.98. The molecule has 6 nitrogen and oxygen atoms in total. The molecule has 0 aliphatic rings. The molecule has 2 rings (SSSR count). The predicted octanol–water partition coefficient (Wildman–Crippen LogP) is 3.84.